The Morgan fingerprint density at radius 3 is 2.31 bits per heavy atom. The first-order valence-electron chi connectivity index (χ1n) is 12.9. The molecule has 0 radical (unpaired) electrons. The molecule has 3 saturated carbocycles. The SMILES string of the molecule is COc1ccc(C23CCC(CN(C(=O)c4ccncc4C)c4cc(C)cc(Cl)c4)(CC2)CC3)cc1C. The Kier molecular flexibility index (Phi) is 6.59. The number of carbonyl (C=O) groups is 1. The molecule has 36 heavy (non-hydrogen) atoms. The number of hydrogen-bond acceptors (Lipinski definition) is 3. The van der Waals surface area contributed by atoms with Crippen molar-refractivity contribution in [3.05, 3.63) is 87.7 Å². The molecule has 0 aliphatic heterocycles. The molecule has 188 valence electrons. The lowest BCUT2D eigenvalue weighted by molar-refractivity contribution is 0.0441. The van der Waals surface area contributed by atoms with Gasteiger partial charge in [-0.05, 0) is 123 Å². The predicted molar refractivity (Wildman–Crippen MR) is 146 cm³/mol. The van der Waals surface area contributed by atoms with E-state index in [4.69, 9.17) is 16.3 Å². The summed E-state index contributed by atoms with van der Waals surface area (Å²) in [5.74, 6) is 0.979. The minimum absolute atomic E-state index is 0.0270. The predicted octanol–water partition coefficient (Wildman–Crippen LogP) is 7.61. The summed E-state index contributed by atoms with van der Waals surface area (Å²) in [7, 11) is 1.73. The number of halogens is 1. The highest BCUT2D eigenvalue weighted by molar-refractivity contribution is 6.31. The van der Waals surface area contributed by atoms with Crippen molar-refractivity contribution in [3.8, 4) is 5.75 Å². The van der Waals surface area contributed by atoms with Crippen molar-refractivity contribution in [2.75, 3.05) is 18.6 Å². The smallest absolute Gasteiger partial charge is 0.258 e. The molecule has 4 nitrogen and oxygen atoms in total. The Morgan fingerprint density at radius 1 is 0.972 bits per heavy atom. The molecule has 3 aromatic rings. The van der Waals surface area contributed by atoms with E-state index in [1.807, 2.05) is 36.9 Å². The Labute approximate surface area is 219 Å². The van der Waals surface area contributed by atoms with Gasteiger partial charge < -0.3 is 9.64 Å². The Morgan fingerprint density at radius 2 is 1.69 bits per heavy atom. The molecule has 0 unspecified atom stereocenters. The average Bonchev–Trinajstić information content (AvgIpc) is 2.88. The van der Waals surface area contributed by atoms with Crippen molar-refractivity contribution in [1.29, 1.82) is 0 Å². The van der Waals surface area contributed by atoms with Gasteiger partial charge in [0.25, 0.3) is 5.91 Å². The van der Waals surface area contributed by atoms with E-state index in [2.05, 4.69) is 36.2 Å². The number of aryl methyl sites for hydroxylation is 3. The van der Waals surface area contributed by atoms with Gasteiger partial charge in [-0.2, -0.15) is 0 Å². The number of hydrogen-bond donors (Lipinski definition) is 0. The molecule has 0 N–H and O–H groups in total. The summed E-state index contributed by atoms with van der Waals surface area (Å²) < 4.78 is 5.50. The standard InChI is InChI=1S/C31H35ClN2O2/c1-21-15-25(32)18-26(16-21)34(29(35)27-7-14-33-19-23(27)3)20-30-8-11-31(12-9-30,13-10-30)24-5-6-28(36-4)22(2)17-24/h5-7,14-19H,8-13,20H2,1-4H3. The molecule has 2 bridgehead atoms. The number of amides is 1. The summed E-state index contributed by atoms with van der Waals surface area (Å²) in [6, 6.07) is 14.5. The maximum atomic E-state index is 14.0. The van der Waals surface area contributed by atoms with Crippen LogP contribution < -0.4 is 9.64 Å². The number of fused-ring (bicyclic) bond motifs is 3. The van der Waals surface area contributed by atoms with Crippen molar-refractivity contribution >= 4 is 23.2 Å². The lowest BCUT2D eigenvalue weighted by atomic mass is 9.51. The van der Waals surface area contributed by atoms with Crippen LogP contribution in [-0.2, 0) is 5.41 Å². The summed E-state index contributed by atoms with van der Waals surface area (Å²) in [6.45, 7) is 6.82. The summed E-state index contributed by atoms with van der Waals surface area (Å²) >= 11 is 6.46. The van der Waals surface area contributed by atoms with Gasteiger partial charge in [-0.15, -0.1) is 0 Å². The van der Waals surface area contributed by atoms with Gasteiger partial charge in [0.15, 0.2) is 0 Å². The number of anilines is 1. The number of carbonyl (C=O) groups excluding carboxylic acids is 1. The number of ether oxygens (including phenoxy) is 1. The highest BCUT2D eigenvalue weighted by Gasteiger charge is 2.50. The van der Waals surface area contributed by atoms with Gasteiger partial charge in [-0.1, -0.05) is 23.7 Å². The highest BCUT2D eigenvalue weighted by Crippen LogP contribution is 2.58. The molecule has 2 aromatic carbocycles. The zero-order valence-corrected chi connectivity index (χ0v) is 22.5. The minimum atomic E-state index is 0.0270. The molecule has 3 aliphatic rings. The highest BCUT2D eigenvalue weighted by atomic mass is 35.5. The summed E-state index contributed by atoms with van der Waals surface area (Å²) in [5, 5.41) is 0.660. The first-order chi connectivity index (χ1) is 17.2. The molecule has 0 saturated heterocycles. The third kappa shape index (κ3) is 4.52. The van der Waals surface area contributed by atoms with E-state index in [1.165, 1.54) is 11.1 Å². The van der Waals surface area contributed by atoms with Gasteiger partial charge in [-0.25, -0.2) is 0 Å². The normalized spacial score (nSPS) is 22.9. The maximum absolute atomic E-state index is 14.0. The maximum Gasteiger partial charge on any atom is 0.258 e. The minimum Gasteiger partial charge on any atom is -0.496 e. The van der Waals surface area contributed by atoms with Crippen LogP contribution in [0.4, 0.5) is 5.69 Å². The molecular formula is C31H35ClN2O2. The van der Waals surface area contributed by atoms with Gasteiger partial charge in [0.05, 0.1) is 7.11 Å². The van der Waals surface area contributed by atoms with Gasteiger partial charge in [0, 0.05) is 35.2 Å². The molecule has 5 heteroatoms. The van der Waals surface area contributed by atoms with Crippen LogP contribution in [0, 0.1) is 26.2 Å². The van der Waals surface area contributed by atoms with E-state index in [0.717, 1.165) is 61.1 Å². The van der Waals surface area contributed by atoms with E-state index < -0.39 is 0 Å². The van der Waals surface area contributed by atoms with Gasteiger partial charge in [0.1, 0.15) is 5.75 Å². The van der Waals surface area contributed by atoms with Crippen LogP contribution in [0.1, 0.15) is 71.1 Å². The first kappa shape index (κ1) is 24.8. The van der Waals surface area contributed by atoms with Crippen LogP contribution in [0.15, 0.2) is 54.9 Å². The second kappa shape index (κ2) is 9.55. The molecule has 6 rings (SSSR count). The Balaban J connectivity index is 1.44. The van der Waals surface area contributed by atoms with Crippen LogP contribution >= 0.6 is 11.6 Å². The van der Waals surface area contributed by atoms with Crippen molar-refractivity contribution in [2.24, 2.45) is 5.41 Å². The van der Waals surface area contributed by atoms with Crippen molar-refractivity contribution in [1.82, 2.24) is 4.98 Å². The number of benzene rings is 2. The zero-order valence-electron chi connectivity index (χ0n) is 21.7. The summed E-state index contributed by atoms with van der Waals surface area (Å²) in [5.41, 5.74) is 6.54. The number of rotatable bonds is 6. The molecule has 1 aromatic heterocycles. The van der Waals surface area contributed by atoms with Crippen LogP contribution in [0.5, 0.6) is 5.75 Å². The fraction of sp³-hybridized carbons (Fsp3) is 0.419. The van der Waals surface area contributed by atoms with E-state index in [9.17, 15) is 4.79 Å². The van der Waals surface area contributed by atoms with Crippen LogP contribution in [0.25, 0.3) is 0 Å². The van der Waals surface area contributed by atoms with Gasteiger partial charge >= 0.3 is 0 Å². The monoisotopic (exact) mass is 502 g/mol. The fourth-order valence-electron chi connectivity index (χ4n) is 6.49. The Bertz CT molecular complexity index is 1260. The molecule has 1 heterocycles. The third-order valence-corrected chi connectivity index (χ3v) is 8.96. The molecular weight excluding hydrogens is 468 g/mol. The Hall–Kier alpha value is -2.85. The van der Waals surface area contributed by atoms with Crippen molar-refractivity contribution < 1.29 is 9.53 Å². The largest absolute Gasteiger partial charge is 0.496 e. The molecule has 3 aliphatic carbocycles. The van der Waals surface area contributed by atoms with Crippen LogP contribution in [-0.4, -0.2) is 24.5 Å². The summed E-state index contributed by atoms with van der Waals surface area (Å²) in [6.07, 6.45) is 10.3. The zero-order chi connectivity index (χ0) is 25.5. The lowest BCUT2D eigenvalue weighted by Crippen LogP contribution is -2.50. The van der Waals surface area contributed by atoms with E-state index >= 15 is 0 Å². The van der Waals surface area contributed by atoms with Crippen molar-refractivity contribution in [2.45, 2.75) is 64.7 Å². The number of methoxy groups -OCH3 is 1. The molecule has 3 fully saturated rings. The van der Waals surface area contributed by atoms with E-state index in [0.29, 0.717) is 17.1 Å². The number of aromatic nitrogens is 1. The van der Waals surface area contributed by atoms with Crippen molar-refractivity contribution in [3.63, 3.8) is 0 Å². The number of nitrogens with zero attached hydrogens (tertiary/aromatic N) is 2. The second-order valence-corrected chi connectivity index (χ2v) is 11.5. The fourth-order valence-corrected chi connectivity index (χ4v) is 6.77. The summed E-state index contributed by atoms with van der Waals surface area (Å²) in [4.78, 5) is 20.1. The van der Waals surface area contributed by atoms with Crippen LogP contribution in [0.3, 0.4) is 0 Å². The lowest BCUT2D eigenvalue weighted by Gasteiger charge is -2.55. The van der Waals surface area contributed by atoms with Gasteiger partial charge in [-0.3, -0.25) is 9.78 Å². The van der Waals surface area contributed by atoms with E-state index in [-0.39, 0.29) is 16.7 Å². The topological polar surface area (TPSA) is 42.4 Å². The number of pyridine rings is 1. The van der Waals surface area contributed by atoms with Gasteiger partial charge in [0.2, 0.25) is 0 Å². The average molecular weight is 503 g/mol. The third-order valence-electron chi connectivity index (χ3n) is 8.74. The van der Waals surface area contributed by atoms with Crippen LogP contribution in [0.2, 0.25) is 5.02 Å². The molecule has 1 amide bonds. The first-order valence-corrected chi connectivity index (χ1v) is 13.3. The second-order valence-electron chi connectivity index (χ2n) is 11.0. The van der Waals surface area contributed by atoms with E-state index in [1.54, 1.807) is 19.5 Å². The molecule has 0 spiro atoms. The molecule has 0 atom stereocenters. The quantitative estimate of drug-likeness (QED) is 0.348.